The van der Waals surface area contributed by atoms with Gasteiger partial charge in [0.05, 0.1) is 0 Å². The van der Waals surface area contributed by atoms with Gasteiger partial charge in [0, 0.05) is 28.1 Å². The zero-order chi connectivity index (χ0) is 18.4. The fourth-order valence-electron chi connectivity index (χ4n) is 2.26. The highest BCUT2D eigenvalue weighted by molar-refractivity contribution is 7.98. The number of hydrogen-bond acceptors (Lipinski definition) is 5. The zero-order valence-electron chi connectivity index (χ0n) is 14.2. The second-order valence-corrected chi connectivity index (χ2v) is 6.94. The molecule has 132 valence electrons. The van der Waals surface area contributed by atoms with Crippen LogP contribution in [0.25, 0.3) is 0 Å². The number of carbonyl (C=O) groups is 1. The lowest BCUT2D eigenvalue weighted by Crippen LogP contribution is -2.12. The average Bonchev–Trinajstić information content (AvgIpc) is 2.66. The molecule has 0 saturated carbocycles. The summed E-state index contributed by atoms with van der Waals surface area (Å²) in [6.07, 6.45) is 0. The molecule has 0 atom stereocenters. The Balaban J connectivity index is 1.64. The second kappa shape index (κ2) is 8.83. The van der Waals surface area contributed by atoms with E-state index in [2.05, 4.69) is 9.97 Å². The fourth-order valence-corrected chi connectivity index (χ4v) is 3.44. The van der Waals surface area contributed by atoms with Crippen LogP contribution in [-0.2, 0) is 5.75 Å². The minimum absolute atomic E-state index is 0.0604. The van der Waals surface area contributed by atoms with Crippen LogP contribution in [0, 0.1) is 6.92 Å². The highest BCUT2D eigenvalue weighted by atomic mass is 35.5. The maximum absolute atomic E-state index is 12.1. The molecule has 0 bridgehead atoms. The molecule has 0 unspecified atom stereocenters. The first-order valence-corrected chi connectivity index (χ1v) is 9.41. The van der Waals surface area contributed by atoms with Crippen molar-refractivity contribution in [1.29, 1.82) is 0 Å². The molecule has 1 heterocycles. The monoisotopic (exact) mass is 384 g/mol. The smallest absolute Gasteiger partial charge is 0.218 e. The Labute approximate surface area is 161 Å². The van der Waals surface area contributed by atoms with E-state index in [0.29, 0.717) is 22.4 Å². The van der Waals surface area contributed by atoms with Crippen molar-refractivity contribution in [2.24, 2.45) is 0 Å². The molecule has 0 saturated heterocycles. The minimum Gasteiger partial charge on any atom is -0.469 e. The third kappa shape index (κ3) is 5.07. The summed E-state index contributed by atoms with van der Waals surface area (Å²) in [4.78, 5) is 20.9. The van der Waals surface area contributed by atoms with Gasteiger partial charge in [0.25, 0.3) is 0 Å². The molecule has 0 fully saturated rings. The van der Waals surface area contributed by atoms with Crippen LogP contribution in [0.2, 0.25) is 5.02 Å². The number of carbonyl (C=O) groups excluding carboxylic acids is 1. The molecule has 26 heavy (non-hydrogen) atoms. The Bertz CT molecular complexity index is 903. The van der Waals surface area contributed by atoms with Crippen LogP contribution in [0.4, 0.5) is 0 Å². The van der Waals surface area contributed by atoms with Crippen molar-refractivity contribution >= 4 is 29.1 Å². The number of rotatable bonds is 7. The van der Waals surface area contributed by atoms with Gasteiger partial charge in [-0.3, -0.25) is 4.79 Å². The first kappa shape index (κ1) is 18.4. The predicted octanol–water partition coefficient (Wildman–Crippen LogP) is 4.99. The number of benzene rings is 2. The van der Waals surface area contributed by atoms with E-state index in [0.717, 1.165) is 16.3 Å². The number of hydrogen-bond donors (Lipinski definition) is 0. The molecule has 2 aromatic carbocycles. The highest BCUT2D eigenvalue weighted by Crippen LogP contribution is 2.25. The molecule has 3 rings (SSSR count). The van der Waals surface area contributed by atoms with Crippen molar-refractivity contribution in [3.8, 4) is 5.88 Å². The number of nitrogens with zero attached hydrogens (tertiary/aromatic N) is 2. The number of thioether (sulfide) groups is 1. The van der Waals surface area contributed by atoms with E-state index in [4.69, 9.17) is 16.3 Å². The van der Waals surface area contributed by atoms with E-state index in [1.54, 1.807) is 18.2 Å². The lowest BCUT2D eigenvalue weighted by molar-refractivity contribution is 0.0917. The van der Waals surface area contributed by atoms with E-state index < -0.39 is 0 Å². The number of halogens is 1. The fraction of sp³-hybridized carbons (Fsp3) is 0.150. The quantitative estimate of drug-likeness (QED) is 0.326. The molecular weight excluding hydrogens is 368 g/mol. The molecule has 0 aliphatic carbocycles. The average molecular weight is 385 g/mol. The first-order valence-electron chi connectivity index (χ1n) is 8.05. The van der Waals surface area contributed by atoms with E-state index in [-0.39, 0.29) is 12.4 Å². The van der Waals surface area contributed by atoms with Gasteiger partial charge in [-0.25, -0.2) is 4.98 Å². The van der Waals surface area contributed by atoms with Gasteiger partial charge < -0.3 is 4.74 Å². The first-order chi connectivity index (χ1) is 12.6. The highest BCUT2D eigenvalue weighted by Gasteiger charge is 2.10. The van der Waals surface area contributed by atoms with Gasteiger partial charge in [0.1, 0.15) is 0 Å². The summed E-state index contributed by atoms with van der Waals surface area (Å²) in [7, 11) is 0. The van der Waals surface area contributed by atoms with E-state index in [1.165, 1.54) is 11.8 Å². The van der Waals surface area contributed by atoms with Crippen LogP contribution >= 0.6 is 23.4 Å². The number of ketones is 1. The van der Waals surface area contributed by atoms with Crippen molar-refractivity contribution in [2.75, 3.05) is 6.61 Å². The largest absolute Gasteiger partial charge is 0.469 e. The molecule has 6 heteroatoms. The summed E-state index contributed by atoms with van der Waals surface area (Å²) in [5, 5.41) is 1.31. The van der Waals surface area contributed by atoms with Crippen LogP contribution in [0.3, 0.4) is 0 Å². The maximum atomic E-state index is 12.1. The second-order valence-electron chi connectivity index (χ2n) is 5.59. The van der Waals surface area contributed by atoms with Crippen LogP contribution < -0.4 is 4.74 Å². The molecule has 0 spiro atoms. The summed E-state index contributed by atoms with van der Waals surface area (Å²) in [6, 6.07) is 18.4. The third-order valence-electron chi connectivity index (χ3n) is 3.57. The maximum Gasteiger partial charge on any atom is 0.218 e. The van der Waals surface area contributed by atoms with E-state index in [9.17, 15) is 4.79 Å². The molecule has 0 aliphatic heterocycles. The topological polar surface area (TPSA) is 52.1 Å². The Kier molecular flexibility index (Phi) is 6.26. The standard InChI is InChI=1S/C20H17ClN2O2S/c1-14-11-19(25-12-18(24)15-7-3-2-4-8-15)23-20(22-14)26-13-16-9-5-6-10-17(16)21/h2-11H,12-13H2,1H3. The van der Waals surface area contributed by atoms with Crippen LogP contribution in [0.5, 0.6) is 5.88 Å². The Morgan fingerprint density at radius 2 is 1.81 bits per heavy atom. The predicted molar refractivity (Wildman–Crippen MR) is 104 cm³/mol. The molecule has 3 aromatic rings. The zero-order valence-corrected chi connectivity index (χ0v) is 15.8. The molecule has 0 aliphatic rings. The lowest BCUT2D eigenvalue weighted by atomic mass is 10.1. The van der Waals surface area contributed by atoms with Crippen LogP contribution in [0.1, 0.15) is 21.6 Å². The number of ether oxygens (including phenoxy) is 1. The van der Waals surface area contributed by atoms with Crippen molar-refractivity contribution in [1.82, 2.24) is 9.97 Å². The van der Waals surface area contributed by atoms with Crippen molar-refractivity contribution in [3.05, 3.63) is 82.5 Å². The van der Waals surface area contributed by atoms with Crippen molar-refractivity contribution in [3.63, 3.8) is 0 Å². The molecular formula is C20H17ClN2O2S. The Hall–Kier alpha value is -2.37. The summed E-state index contributed by atoms with van der Waals surface area (Å²) in [5.41, 5.74) is 2.42. The SMILES string of the molecule is Cc1cc(OCC(=O)c2ccccc2)nc(SCc2ccccc2Cl)n1. The summed E-state index contributed by atoms with van der Waals surface area (Å²) in [5.74, 6) is 0.960. The number of aromatic nitrogens is 2. The molecule has 4 nitrogen and oxygen atoms in total. The summed E-state index contributed by atoms with van der Waals surface area (Å²) in [6.45, 7) is 1.81. The summed E-state index contributed by atoms with van der Waals surface area (Å²) < 4.78 is 5.58. The molecule has 0 radical (unpaired) electrons. The number of Topliss-reactive ketones (excluding diaryl/α,β-unsaturated/α-hetero) is 1. The van der Waals surface area contributed by atoms with Crippen LogP contribution in [0.15, 0.2) is 65.8 Å². The van der Waals surface area contributed by atoms with E-state index in [1.807, 2.05) is 49.4 Å². The van der Waals surface area contributed by atoms with Crippen LogP contribution in [-0.4, -0.2) is 22.4 Å². The van der Waals surface area contributed by atoms with Crippen molar-refractivity contribution < 1.29 is 9.53 Å². The van der Waals surface area contributed by atoms with Gasteiger partial charge >= 0.3 is 0 Å². The Morgan fingerprint density at radius 3 is 2.58 bits per heavy atom. The molecule has 1 aromatic heterocycles. The van der Waals surface area contributed by atoms with Gasteiger partial charge in [-0.1, -0.05) is 71.9 Å². The van der Waals surface area contributed by atoms with Gasteiger partial charge in [0.15, 0.2) is 17.5 Å². The number of aryl methyl sites for hydroxylation is 1. The van der Waals surface area contributed by atoms with Gasteiger partial charge in [-0.05, 0) is 18.6 Å². The van der Waals surface area contributed by atoms with Crippen molar-refractivity contribution in [2.45, 2.75) is 17.8 Å². The van der Waals surface area contributed by atoms with Gasteiger partial charge in [-0.15, -0.1) is 0 Å². The Morgan fingerprint density at radius 1 is 1.08 bits per heavy atom. The molecule has 0 N–H and O–H groups in total. The normalized spacial score (nSPS) is 10.5. The van der Waals surface area contributed by atoms with Gasteiger partial charge in [0.2, 0.25) is 5.88 Å². The third-order valence-corrected chi connectivity index (χ3v) is 4.84. The van der Waals surface area contributed by atoms with E-state index >= 15 is 0 Å². The molecule has 0 amide bonds. The summed E-state index contributed by atoms with van der Waals surface area (Å²) >= 11 is 7.65. The lowest BCUT2D eigenvalue weighted by Gasteiger charge is -2.08. The minimum atomic E-state index is -0.0906. The van der Waals surface area contributed by atoms with Gasteiger partial charge in [-0.2, -0.15) is 4.98 Å².